The Hall–Kier alpha value is -3.02. The van der Waals surface area contributed by atoms with Gasteiger partial charge in [0.1, 0.15) is 17.2 Å². The zero-order valence-corrected chi connectivity index (χ0v) is 12.9. The van der Waals surface area contributed by atoms with Gasteiger partial charge in [-0.15, -0.1) is 0 Å². The molecule has 1 amide bonds. The molecule has 6 nitrogen and oxygen atoms in total. The molecular formula is C17H18N2O4. The molecule has 2 rings (SSSR count). The van der Waals surface area contributed by atoms with Crippen LogP contribution in [-0.4, -0.2) is 27.4 Å². The lowest BCUT2D eigenvalue weighted by Crippen LogP contribution is -2.20. The first kappa shape index (κ1) is 16.4. The first-order valence-electron chi connectivity index (χ1n) is 7.00. The normalized spacial score (nSPS) is 10.9. The Kier molecular flexibility index (Phi) is 4.85. The molecule has 0 aliphatic heterocycles. The minimum Gasteiger partial charge on any atom is -0.508 e. The smallest absolute Gasteiger partial charge is 0.244 e. The second-order valence-electron chi connectivity index (χ2n) is 5.23. The van der Waals surface area contributed by atoms with Gasteiger partial charge in [-0.1, -0.05) is 12.1 Å². The fourth-order valence-corrected chi connectivity index (χ4v) is 2.17. The summed E-state index contributed by atoms with van der Waals surface area (Å²) in [6.45, 7) is 3.44. The van der Waals surface area contributed by atoms with Crippen LogP contribution < -0.4 is 5.43 Å². The van der Waals surface area contributed by atoms with Gasteiger partial charge in [-0.3, -0.25) is 4.79 Å². The minimum atomic E-state index is -0.342. The third-order valence-corrected chi connectivity index (χ3v) is 3.50. The van der Waals surface area contributed by atoms with E-state index in [2.05, 4.69) is 10.5 Å². The zero-order chi connectivity index (χ0) is 17.0. The number of hydrogen-bond acceptors (Lipinski definition) is 5. The van der Waals surface area contributed by atoms with E-state index in [1.54, 1.807) is 32.0 Å². The van der Waals surface area contributed by atoms with Crippen LogP contribution in [0.15, 0.2) is 35.4 Å². The first-order valence-corrected chi connectivity index (χ1v) is 7.00. The molecule has 0 atom stereocenters. The van der Waals surface area contributed by atoms with Crippen molar-refractivity contribution in [1.82, 2.24) is 5.43 Å². The molecule has 0 unspecified atom stereocenters. The number of aromatic hydroxyl groups is 3. The highest BCUT2D eigenvalue weighted by Gasteiger charge is 2.08. The number of aryl methyl sites for hydroxylation is 1. The van der Waals surface area contributed by atoms with Crippen LogP contribution in [0.4, 0.5) is 0 Å². The molecule has 0 spiro atoms. The van der Waals surface area contributed by atoms with Crippen LogP contribution in [0.5, 0.6) is 17.2 Å². The van der Waals surface area contributed by atoms with E-state index >= 15 is 0 Å². The fourth-order valence-electron chi connectivity index (χ4n) is 2.17. The molecule has 0 aromatic heterocycles. The van der Waals surface area contributed by atoms with E-state index in [0.29, 0.717) is 22.3 Å². The first-order chi connectivity index (χ1) is 10.9. The molecule has 2 aromatic carbocycles. The van der Waals surface area contributed by atoms with E-state index in [0.717, 1.165) is 0 Å². The standard InChI is InChI=1S/C17H18N2O4/c1-10-6-13(20)8-16(22)14(10)9-18-19-17(23)7-12-4-3-5-15(21)11(12)2/h3-6,8-9,20-22H,7H2,1-2H3,(H,19,23). The van der Waals surface area contributed by atoms with Crippen molar-refractivity contribution in [1.29, 1.82) is 0 Å². The maximum absolute atomic E-state index is 11.9. The van der Waals surface area contributed by atoms with Crippen LogP contribution in [0.1, 0.15) is 22.3 Å². The number of hydrazone groups is 1. The topological polar surface area (TPSA) is 102 Å². The van der Waals surface area contributed by atoms with Crippen LogP contribution in [0.3, 0.4) is 0 Å². The number of nitrogens with one attached hydrogen (secondary N) is 1. The Labute approximate surface area is 133 Å². The SMILES string of the molecule is Cc1cc(O)cc(O)c1C=NNC(=O)Cc1cccc(O)c1C. The summed E-state index contributed by atoms with van der Waals surface area (Å²) in [6, 6.07) is 7.68. The lowest BCUT2D eigenvalue weighted by molar-refractivity contribution is -0.120. The molecule has 0 aliphatic carbocycles. The van der Waals surface area contributed by atoms with Crippen molar-refractivity contribution in [2.24, 2.45) is 5.10 Å². The van der Waals surface area contributed by atoms with Crippen molar-refractivity contribution >= 4 is 12.1 Å². The van der Waals surface area contributed by atoms with Gasteiger partial charge in [-0.25, -0.2) is 5.43 Å². The minimum absolute atomic E-state index is 0.0412. The third-order valence-electron chi connectivity index (χ3n) is 3.50. The molecule has 0 radical (unpaired) electrons. The van der Waals surface area contributed by atoms with Crippen LogP contribution in [0.2, 0.25) is 0 Å². The van der Waals surface area contributed by atoms with Gasteiger partial charge in [0.15, 0.2) is 0 Å². The highest BCUT2D eigenvalue weighted by atomic mass is 16.3. The summed E-state index contributed by atoms with van der Waals surface area (Å²) >= 11 is 0. The fraction of sp³-hybridized carbons (Fsp3) is 0.176. The van der Waals surface area contributed by atoms with E-state index in [9.17, 15) is 20.1 Å². The van der Waals surface area contributed by atoms with Gasteiger partial charge in [0.05, 0.1) is 12.6 Å². The van der Waals surface area contributed by atoms with Crippen molar-refractivity contribution in [3.8, 4) is 17.2 Å². The molecule has 0 bridgehead atoms. The monoisotopic (exact) mass is 314 g/mol. The Morgan fingerprint density at radius 1 is 1.17 bits per heavy atom. The predicted octanol–water partition coefficient (Wildman–Crippen LogP) is 2.11. The van der Waals surface area contributed by atoms with E-state index in [1.165, 1.54) is 18.3 Å². The number of nitrogens with zero attached hydrogens (tertiary/aromatic N) is 1. The van der Waals surface area contributed by atoms with E-state index < -0.39 is 0 Å². The molecule has 2 aromatic rings. The molecule has 6 heteroatoms. The second-order valence-corrected chi connectivity index (χ2v) is 5.23. The predicted molar refractivity (Wildman–Crippen MR) is 86.8 cm³/mol. The average Bonchev–Trinajstić information content (AvgIpc) is 2.46. The quantitative estimate of drug-likeness (QED) is 0.513. The maximum Gasteiger partial charge on any atom is 0.244 e. The molecule has 0 fully saturated rings. The van der Waals surface area contributed by atoms with Gasteiger partial charge >= 0.3 is 0 Å². The lowest BCUT2D eigenvalue weighted by Gasteiger charge is -2.07. The number of carbonyl (C=O) groups is 1. The lowest BCUT2D eigenvalue weighted by atomic mass is 10.0. The summed E-state index contributed by atoms with van der Waals surface area (Å²) in [5.41, 5.74) is 4.77. The molecule has 0 aliphatic rings. The van der Waals surface area contributed by atoms with Crippen molar-refractivity contribution < 1.29 is 20.1 Å². The van der Waals surface area contributed by atoms with Gasteiger partial charge in [0, 0.05) is 11.6 Å². The highest BCUT2D eigenvalue weighted by molar-refractivity contribution is 5.87. The Bertz CT molecular complexity index is 746. The zero-order valence-electron chi connectivity index (χ0n) is 12.9. The van der Waals surface area contributed by atoms with Gasteiger partial charge < -0.3 is 15.3 Å². The van der Waals surface area contributed by atoms with Crippen molar-refractivity contribution in [2.45, 2.75) is 20.3 Å². The number of phenols is 3. The second kappa shape index (κ2) is 6.83. The molecule has 4 N–H and O–H groups in total. The average molecular weight is 314 g/mol. The van der Waals surface area contributed by atoms with Gasteiger partial charge in [-0.2, -0.15) is 5.10 Å². The Morgan fingerprint density at radius 3 is 2.61 bits per heavy atom. The number of rotatable bonds is 4. The van der Waals surface area contributed by atoms with Crippen LogP contribution in [0.25, 0.3) is 0 Å². The number of amides is 1. The summed E-state index contributed by atoms with van der Waals surface area (Å²) in [5, 5.41) is 32.5. The number of benzene rings is 2. The third kappa shape index (κ3) is 4.00. The largest absolute Gasteiger partial charge is 0.508 e. The van der Waals surface area contributed by atoms with Crippen LogP contribution in [0, 0.1) is 13.8 Å². The molecular weight excluding hydrogens is 296 g/mol. The Balaban J connectivity index is 2.03. The molecule has 0 saturated carbocycles. The maximum atomic E-state index is 11.9. The van der Waals surface area contributed by atoms with Crippen LogP contribution in [-0.2, 0) is 11.2 Å². The summed E-state index contributed by atoms with van der Waals surface area (Å²) in [7, 11) is 0. The van der Waals surface area contributed by atoms with Crippen molar-refractivity contribution in [2.75, 3.05) is 0 Å². The molecule has 120 valence electrons. The summed E-state index contributed by atoms with van der Waals surface area (Å²) in [5.74, 6) is -0.362. The summed E-state index contributed by atoms with van der Waals surface area (Å²) < 4.78 is 0. The van der Waals surface area contributed by atoms with E-state index in [4.69, 9.17) is 0 Å². The number of phenolic OH excluding ortho intramolecular Hbond substituents is 3. The summed E-state index contributed by atoms with van der Waals surface area (Å²) in [4.78, 5) is 11.9. The number of carbonyl (C=O) groups excluding carboxylic acids is 1. The van der Waals surface area contributed by atoms with Crippen LogP contribution >= 0.6 is 0 Å². The van der Waals surface area contributed by atoms with Gasteiger partial charge in [0.25, 0.3) is 0 Å². The highest BCUT2D eigenvalue weighted by Crippen LogP contribution is 2.25. The van der Waals surface area contributed by atoms with Crippen molar-refractivity contribution in [3.05, 3.63) is 52.6 Å². The van der Waals surface area contributed by atoms with Gasteiger partial charge in [0.2, 0.25) is 5.91 Å². The van der Waals surface area contributed by atoms with Crippen molar-refractivity contribution in [3.63, 3.8) is 0 Å². The molecule has 23 heavy (non-hydrogen) atoms. The van der Waals surface area contributed by atoms with Gasteiger partial charge in [-0.05, 0) is 42.7 Å². The summed E-state index contributed by atoms with van der Waals surface area (Å²) in [6.07, 6.45) is 1.40. The number of hydrogen-bond donors (Lipinski definition) is 4. The molecule has 0 heterocycles. The Morgan fingerprint density at radius 2 is 1.91 bits per heavy atom. The van der Waals surface area contributed by atoms with E-state index in [1.807, 2.05) is 0 Å². The molecule has 0 saturated heterocycles. The van der Waals surface area contributed by atoms with E-state index in [-0.39, 0.29) is 29.6 Å².